The van der Waals surface area contributed by atoms with Gasteiger partial charge in [-0.05, 0) is 77.8 Å². The van der Waals surface area contributed by atoms with Crippen molar-refractivity contribution in [3.05, 3.63) is 145 Å². The molecule has 1 atom stereocenters. The van der Waals surface area contributed by atoms with Gasteiger partial charge >= 0.3 is 0 Å². The van der Waals surface area contributed by atoms with Gasteiger partial charge in [-0.2, -0.15) is 9.97 Å². The van der Waals surface area contributed by atoms with Crippen LogP contribution < -0.4 is 0 Å². The third-order valence-corrected chi connectivity index (χ3v) is 9.92. The van der Waals surface area contributed by atoms with Crippen molar-refractivity contribution in [2.45, 2.75) is 52.9 Å². The molecule has 4 heterocycles. The van der Waals surface area contributed by atoms with Crippen LogP contribution in [0.25, 0.3) is 67.6 Å². The zero-order valence-corrected chi connectivity index (χ0v) is 29.9. The first-order chi connectivity index (χ1) is 24.8. The van der Waals surface area contributed by atoms with E-state index < -0.39 is 0 Å². The van der Waals surface area contributed by atoms with Gasteiger partial charge in [0.05, 0.1) is 22.1 Å². The molecular weight excluding hydrogens is 625 g/mol. The van der Waals surface area contributed by atoms with E-state index in [1.165, 1.54) is 21.9 Å². The van der Waals surface area contributed by atoms with E-state index in [0.29, 0.717) is 35.4 Å². The molecule has 0 bridgehead atoms. The van der Waals surface area contributed by atoms with Crippen molar-refractivity contribution in [3.8, 4) is 23.2 Å². The number of hydrogen-bond donors (Lipinski definition) is 0. The standard InChI is InChI=1S/C45H42N6/c1-7-8-15-35-41-40(16-12-25-46-41)51(45-48-42(31-13-10-9-11-14-31)47-43(49-45)32-19-17-30(6)18-20-32)44(35)50-38-23-21-33(28(2)3)26-36(38)37-27-34(29(4)5)22-24-39(37)50/h7-17,19-30H,1,18H2,2-6H3/b15-8-. The van der Waals surface area contributed by atoms with Gasteiger partial charge in [0.1, 0.15) is 5.82 Å². The van der Waals surface area contributed by atoms with Crippen LogP contribution in [0.3, 0.4) is 0 Å². The van der Waals surface area contributed by atoms with Crippen LogP contribution in [0.4, 0.5) is 0 Å². The van der Waals surface area contributed by atoms with E-state index in [-0.39, 0.29) is 0 Å². The minimum absolute atomic E-state index is 0.397. The van der Waals surface area contributed by atoms with Crippen LogP contribution in [0.1, 0.15) is 75.4 Å². The lowest BCUT2D eigenvalue weighted by atomic mass is 9.98. The molecule has 7 aromatic rings. The second kappa shape index (κ2) is 13.1. The van der Waals surface area contributed by atoms with E-state index in [1.54, 1.807) is 0 Å². The van der Waals surface area contributed by atoms with Crippen LogP contribution in [-0.2, 0) is 0 Å². The summed E-state index contributed by atoms with van der Waals surface area (Å²) in [6.45, 7) is 15.2. The van der Waals surface area contributed by atoms with Gasteiger partial charge < -0.3 is 0 Å². The SMILES string of the molecule is C=C/C=C\c1c(-n2c3ccc(C(C)C)cc3c3cc(C(C)C)ccc32)n(-c2nc(C3=CCC(C)C=C3)nc(-c3ccccc3)n2)c2cccnc12. The maximum atomic E-state index is 5.26. The molecule has 6 heteroatoms. The summed E-state index contributed by atoms with van der Waals surface area (Å²) in [7, 11) is 0. The third kappa shape index (κ3) is 5.71. The van der Waals surface area contributed by atoms with Crippen LogP contribution in [0, 0.1) is 5.92 Å². The number of allylic oxidation sites excluding steroid dienone is 6. The first-order valence-corrected chi connectivity index (χ1v) is 17.9. The lowest BCUT2D eigenvalue weighted by molar-refractivity contribution is 0.737. The molecule has 51 heavy (non-hydrogen) atoms. The molecule has 0 aliphatic heterocycles. The van der Waals surface area contributed by atoms with E-state index >= 15 is 0 Å². The highest BCUT2D eigenvalue weighted by Gasteiger charge is 2.26. The zero-order chi connectivity index (χ0) is 35.2. The van der Waals surface area contributed by atoms with Crippen LogP contribution in [-0.4, -0.2) is 29.1 Å². The Bertz CT molecular complexity index is 2480. The molecule has 8 rings (SSSR count). The van der Waals surface area contributed by atoms with Gasteiger partial charge in [0.25, 0.3) is 0 Å². The van der Waals surface area contributed by atoms with Gasteiger partial charge in [-0.3, -0.25) is 14.1 Å². The normalized spacial score (nSPS) is 14.9. The Hall–Kier alpha value is -5.88. The van der Waals surface area contributed by atoms with E-state index in [2.05, 4.69) is 129 Å². The van der Waals surface area contributed by atoms with Crippen LogP contribution >= 0.6 is 0 Å². The van der Waals surface area contributed by atoms with Crippen molar-refractivity contribution in [1.82, 2.24) is 29.1 Å². The average molecular weight is 667 g/mol. The third-order valence-electron chi connectivity index (χ3n) is 9.92. The predicted octanol–water partition coefficient (Wildman–Crippen LogP) is 11.4. The van der Waals surface area contributed by atoms with Crippen molar-refractivity contribution in [2.75, 3.05) is 0 Å². The largest absolute Gasteiger partial charge is 0.294 e. The van der Waals surface area contributed by atoms with Gasteiger partial charge in [-0.25, -0.2) is 4.98 Å². The fourth-order valence-electron chi connectivity index (χ4n) is 7.07. The molecule has 0 amide bonds. The molecule has 1 unspecified atom stereocenters. The van der Waals surface area contributed by atoms with Crippen LogP contribution in [0.5, 0.6) is 0 Å². The van der Waals surface area contributed by atoms with Crippen molar-refractivity contribution in [2.24, 2.45) is 5.92 Å². The highest BCUT2D eigenvalue weighted by molar-refractivity contribution is 6.10. The smallest absolute Gasteiger partial charge is 0.240 e. The minimum atomic E-state index is 0.397. The molecule has 0 N–H and O–H groups in total. The second-order valence-electron chi connectivity index (χ2n) is 14.1. The molecule has 3 aromatic carbocycles. The van der Waals surface area contributed by atoms with E-state index in [0.717, 1.165) is 51.0 Å². The average Bonchev–Trinajstić information content (AvgIpc) is 3.65. The summed E-state index contributed by atoms with van der Waals surface area (Å²) in [5, 5.41) is 2.44. The maximum absolute atomic E-state index is 5.26. The Morgan fingerprint density at radius 3 is 2.08 bits per heavy atom. The first kappa shape index (κ1) is 32.3. The molecule has 0 spiro atoms. The molecule has 4 aromatic heterocycles. The van der Waals surface area contributed by atoms with Gasteiger partial charge in [0, 0.05) is 33.7 Å². The molecule has 0 radical (unpaired) electrons. The van der Waals surface area contributed by atoms with E-state index in [9.17, 15) is 0 Å². The highest BCUT2D eigenvalue weighted by Crippen LogP contribution is 2.40. The fourth-order valence-corrected chi connectivity index (χ4v) is 7.07. The van der Waals surface area contributed by atoms with Crippen LogP contribution in [0.15, 0.2) is 122 Å². The Balaban J connectivity index is 1.52. The molecular formula is C45H42N6. The molecule has 6 nitrogen and oxygen atoms in total. The summed E-state index contributed by atoms with van der Waals surface area (Å²) in [6, 6.07) is 28.0. The number of hydrogen-bond acceptors (Lipinski definition) is 4. The molecule has 0 fully saturated rings. The Kier molecular flexibility index (Phi) is 8.31. The quantitative estimate of drug-likeness (QED) is 0.151. The lowest BCUT2D eigenvalue weighted by Gasteiger charge is -2.17. The predicted molar refractivity (Wildman–Crippen MR) is 213 cm³/mol. The summed E-state index contributed by atoms with van der Waals surface area (Å²) in [4.78, 5) is 20.5. The number of fused-ring (bicyclic) bond motifs is 4. The maximum Gasteiger partial charge on any atom is 0.240 e. The monoisotopic (exact) mass is 666 g/mol. The number of aromatic nitrogens is 6. The molecule has 0 saturated heterocycles. The number of benzene rings is 3. The van der Waals surface area contributed by atoms with Crippen LogP contribution in [0.2, 0.25) is 0 Å². The number of rotatable bonds is 8. The number of pyridine rings is 1. The Morgan fingerprint density at radius 2 is 1.45 bits per heavy atom. The molecule has 1 aliphatic carbocycles. The van der Waals surface area contributed by atoms with Crippen molar-refractivity contribution in [3.63, 3.8) is 0 Å². The van der Waals surface area contributed by atoms with E-state index in [4.69, 9.17) is 19.9 Å². The topological polar surface area (TPSA) is 61.4 Å². The van der Waals surface area contributed by atoms with Crippen molar-refractivity contribution < 1.29 is 0 Å². The van der Waals surface area contributed by atoms with E-state index in [1.807, 2.05) is 42.6 Å². The van der Waals surface area contributed by atoms with Crippen molar-refractivity contribution >= 4 is 44.5 Å². The minimum Gasteiger partial charge on any atom is -0.294 e. The molecule has 0 saturated carbocycles. The van der Waals surface area contributed by atoms with Gasteiger partial charge in [-0.1, -0.05) is 114 Å². The van der Waals surface area contributed by atoms with Gasteiger partial charge in [-0.15, -0.1) is 0 Å². The van der Waals surface area contributed by atoms with Crippen molar-refractivity contribution in [1.29, 1.82) is 0 Å². The summed E-state index contributed by atoms with van der Waals surface area (Å²) < 4.78 is 4.54. The highest BCUT2D eigenvalue weighted by atomic mass is 15.3. The second-order valence-corrected chi connectivity index (χ2v) is 14.1. The van der Waals surface area contributed by atoms with Gasteiger partial charge in [0.2, 0.25) is 5.95 Å². The Morgan fingerprint density at radius 1 is 0.765 bits per heavy atom. The fraction of sp³-hybridized carbons (Fsp3) is 0.200. The molecule has 1 aliphatic rings. The summed E-state index contributed by atoms with van der Waals surface area (Å²) in [5.41, 5.74) is 9.47. The summed E-state index contributed by atoms with van der Waals surface area (Å²) in [5.74, 6) is 3.97. The Labute approximate surface area is 299 Å². The molecule has 252 valence electrons. The summed E-state index contributed by atoms with van der Waals surface area (Å²) in [6.07, 6.45) is 15.3. The van der Waals surface area contributed by atoms with Gasteiger partial charge in [0.15, 0.2) is 11.6 Å². The lowest BCUT2D eigenvalue weighted by Crippen LogP contribution is -2.12. The zero-order valence-electron chi connectivity index (χ0n) is 29.9. The first-order valence-electron chi connectivity index (χ1n) is 17.9. The number of nitrogens with zero attached hydrogens (tertiary/aromatic N) is 6. The summed E-state index contributed by atoms with van der Waals surface area (Å²) >= 11 is 0.